The summed E-state index contributed by atoms with van der Waals surface area (Å²) in [6.07, 6.45) is 0. The van der Waals surface area contributed by atoms with E-state index in [1.165, 1.54) is 0 Å². The number of rotatable bonds is 3. The van der Waals surface area contributed by atoms with Crippen molar-refractivity contribution in [1.82, 2.24) is 10.1 Å². The maximum atomic E-state index is 6.02. The fourth-order valence-electron chi connectivity index (χ4n) is 2.19. The third-order valence-corrected chi connectivity index (χ3v) is 3.47. The van der Waals surface area contributed by atoms with Gasteiger partial charge in [-0.2, -0.15) is 4.98 Å². The van der Waals surface area contributed by atoms with Crippen molar-refractivity contribution < 1.29 is 9.26 Å². The Balaban J connectivity index is 1.89. The Hall–Kier alpha value is -1.88. The number of fused-ring (bicyclic) bond motifs is 1. The second-order valence-electron chi connectivity index (χ2n) is 5.16. The Morgan fingerprint density at radius 2 is 2.11 bits per heavy atom. The van der Waals surface area contributed by atoms with Crippen LogP contribution in [0.1, 0.15) is 43.1 Å². The predicted octanol–water partition coefficient (Wildman–Crippen LogP) is 2.25. The molecule has 100 valence electrons. The molecule has 2 heterocycles. The standard InChI is InChI=1S/C14H17N3O2/c1-8(2)12(15)14-16-13(17-19-14)10-7-18-11-6-4-3-5-9(10)11/h3-6,8,10,12H,7,15H2,1-2H3. The molecule has 1 aromatic heterocycles. The first-order valence-electron chi connectivity index (χ1n) is 6.47. The Bertz CT molecular complexity index is 580. The zero-order valence-electron chi connectivity index (χ0n) is 11.0. The molecule has 3 rings (SSSR count). The minimum Gasteiger partial charge on any atom is -0.492 e. The third kappa shape index (κ3) is 2.10. The largest absolute Gasteiger partial charge is 0.492 e. The average molecular weight is 259 g/mol. The first-order valence-corrected chi connectivity index (χ1v) is 6.47. The van der Waals surface area contributed by atoms with Gasteiger partial charge in [0.2, 0.25) is 5.89 Å². The fraction of sp³-hybridized carbons (Fsp3) is 0.429. The molecule has 19 heavy (non-hydrogen) atoms. The predicted molar refractivity (Wildman–Crippen MR) is 69.8 cm³/mol. The molecule has 0 aliphatic carbocycles. The van der Waals surface area contributed by atoms with Gasteiger partial charge >= 0.3 is 0 Å². The highest BCUT2D eigenvalue weighted by Crippen LogP contribution is 2.36. The van der Waals surface area contributed by atoms with Crippen molar-refractivity contribution in [1.29, 1.82) is 0 Å². The fourth-order valence-corrected chi connectivity index (χ4v) is 2.19. The van der Waals surface area contributed by atoms with Crippen LogP contribution in [0.4, 0.5) is 0 Å². The second-order valence-corrected chi connectivity index (χ2v) is 5.16. The lowest BCUT2D eigenvalue weighted by atomic mass is 10.0. The molecule has 0 saturated carbocycles. The molecule has 2 atom stereocenters. The first kappa shape index (κ1) is 12.2. The Morgan fingerprint density at radius 3 is 2.89 bits per heavy atom. The van der Waals surface area contributed by atoms with E-state index in [0.29, 0.717) is 18.3 Å². The quantitative estimate of drug-likeness (QED) is 0.915. The van der Waals surface area contributed by atoms with Crippen LogP contribution >= 0.6 is 0 Å². The van der Waals surface area contributed by atoms with Crippen molar-refractivity contribution in [3.8, 4) is 5.75 Å². The molecule has 1 aromatic carbocycles. The number of para-hydroxylation sites is 1. The highest BCUT2D eigenvalue weighted by Gasteiger charge is 2.30. The van der Waals surface area contributed by atoms with Gasteiger partial charge in [0.25, 0.3) is 0 Å². The Morgan fingerprint density at radius 1 is 1.32 bits per heavy atom. The van der Waals surface area contributed by atoms with E-state index in [9.17, 15) is 0 Å². The lowest BCUT2D eigenvalue weighted by Gasteiger charge is -2.09. The van der Waals surface area contributed by atoms with Gasteiger partial charge in [-0.05, 0) is 12.0 Å². The molecule has 1 aliphatic heterocycles. The summed E-state index contributed by atoms with van der Waals surface area (Å²) in [5, 5.41) is 4.05. The molecule has 1 aliphatic rings. The number of hydrogen-bond acceptors (Lipinski definition) is 5. The van der Waals surface area contributed by atoms with E-state index in [2.05, 4.69) is 10.1 Å². The number of hydrogen-bond donors (Lipinski definition) is 1. The van der Waals surface area contributed by atoms with E-state index in [1.807, 2.05) is 38.1 Å². The van der Waals surface area contributed by atoms with Gasteiger partial charge in [0.1, 0.15) is 12.4 Å². The molecule has 0 saturated heterocycles. The van der Waals surface area contributed by atoms with Gasteiger partial charge in [0.05, 0.1) is 12.0 Å². The van der Waals surface area contributed by atoms with Crippen LogP contribution in [-0.2, 0) is 0 Å². The van der Waals surface area contributed by atoms with E-state index in [0.717, 1.165) is 11.3 Å². The molecule has 0 fully saturated rings. The van der Waals surface area contributed by atoms with Crippen molar-refractivity contribution in [2.75, 3.05) is 6.61 Å². The van der Waals surface area contributed by atoms with Gasteiger partial charge in [-0.1, -0.05) is 37.2 Å². The van der Waals surface area contributed by atoms with Gasteiger partial charge in [-0.15, -0.1) is 0 Å². The van der Waals surface area contributed by atoms with Gasteiger partial charge in [-0.25, -0.2) is 0 Å². The number of benzene rings is 1. The van der Waals surface area contributed by atoms with E-state index >= 15 is 0 Å². The zero-order valence-corrected chi connectivity index (χ0v) is 11.0. The van der Waals surface area contributed by atoms with Crippen LogP contribution in [0, 0.1) is 5.92 Å². The molecule has 0 spiro atoms. The van der Waals surface area contributed by atoms with Crippen molar-refractivity contribution in [2.24, 2.45) is 11.7 Å². The van der Waals surface area contributed by atoms with Gasteiger partial charge in [0.15, 0.2) is 5.82 Å². The van der Waals surface area contributed by atoms with E-state index < -0.39 is 0 Å². The van der Waals surface area contributed by atoms with Crippen LogP contribution in [0.3, 0.4) is 0 Å². The summed E-state index contributed by atoms with van der Waals surface area (Å²) >= 11 is 0. The lowest BCUT2D eigenvalue weighted by Crippen LogP contribution is -2.17. The summed E-state index contributed by atoms with van der Waals surface area (Å²) < 4.78 is 10.9. The molecule has 2 N–H and O–H groups in total. The van der Waals surface area contributed by atoms with Crippen molar-refractivity contribution in [2.45, 2.75) is 25.8 Å². The van der Waals surface area contributed by atoms with Crippen molar-refractivity contribution in [3.63, 3.8) is 0 Å². The summed E-state index contributed by atoms with van der Waals surface area (Å²) in [5.41, 5.74) is 7.12. The summed E-state index contributed by atoms with van der Waals surface area (Å²) in [5.74, 6) is 2.34. The van der Waals surface area contributed by atoms with Crippen LogP contribution < -0.4 is 10.5 Å². The summed E-state index contributed by atoms with van der Waals surface area (Å²) in [6.45, 7) is 4.61. The highest BCUT2D eigenvalue weighted by molar-refractivity contribution is 5.42. The van der Waals surface area contributed by atoms with Crippen LogP contribution in [-0.4, -0.2) is 16.7 Å². The molecule has 0 radical (unpaired) electrons. The maximum absolute atomic E-state index is 6.02. The zero-order chi connectivity index (χ0) is 13.4. The molecular weight excluding hydrogens is 242 g/mol. The minimum absolute atomic E-state index is 0.0352. The smallest absolute Gasteiger partial charge is 0.243 e. The molecule has 5 heteroatoms. The SMILES string of the molecule is CC(C)C(N)c1nc(C2COc3ccccc32)no1. The summed E-state index contributed by atoms with van der Waals surface area (Å²) in [4.78, 5) is 4.43. The van der Waals surface area contributed by atoms with Gasteiger partial charge in [-0.3, -0.25) is 0 Å². The first-order chi connectivity index (χ1) is 9.16. The van der Waals surface area contributed by atoms with Crippen molar-refractivity contribution >= 4 is 0 Å². The monoisotopic (exact) mass is 259 g/mol. The summed E-state index contributed by atoms with van der Waals surface area (Å²) in [7, 11) is 0. The number of nitrogens with zero attached hydrogens (tertiary/aromatic N) is 2. The Labute approximate surface area is 111 Å². The van der Waals surface area contributed by atoms with Crippen LogP contribution in [0.15, 0.2) is 28.8 Å². The van der Waals surface area contributed by atoms with Gasteiger partial charge in [0, 0.05) is 5.56 Å². The van der Waals surface area contributed by atoms with E-state index in [4.69, 9.17) is 15.0 Å². The summed E-state index contributed by atoms with van der Waals surface area (Å²) in [6, 6.07) is 7.71. The van der Waals surface area contributed by atoms with E-state index in [-0.39, 0.29) is 17.9 Å². The number of aromatic nitrogens is 2. The van der Waals surface area contributed by atoms with Gasteiger partial charge < -0.3 is 15.0 Å². The van der Waals surface area contributed by atoms with E-state index in [1.54, 1.807) is 0 Å². The maximum Gasteiger partial charge on any atom is 0.243 e. The highest BCUT2D eigenvalue weighted by atomic mass is 16.5. The van der Waals surface area contributed by atoms with Crippen LogP contribution in [0.5, 0.6) is 5.75 Å². The van der Waals surface area contributed by atoms with Crippen LogP contribution in [0.2, 0.25) is 0 Å². The normalized spacial score (nSPS) is 19.3. The number of nitrogens with two attached hydrogens (primary N) is 1. The minimum atomic E-state index is -0.223. The molecule has 0 amide bonds. The molecule has 0 bridgehead atoms. The molecular formula is C14H17N3O2. The lowest BCUT2D eigenvalue weighted by molar-refractivity contribution is 0.315. The van der Waals surface area contributed by atoms with Crippen molar-refractivity contribution in [3.05, 3.63) is 41.5 Å². The average Bonchev–Trinajstić information content (AvgIpc) is 3.03. The molecule has 2 unspecified atom stereocenters. The topological polar surface area (TPSA) is 74.2 Å². The Kier molecular flexibility index (Phi) is 2.98. The molecule has 5 nitrogen and oxygen atoms in total. The second kappa shape index (κ2) is 4.66. The number of ether oxygens (including phenoxy) is 1. The molecule has 2 aromatic rings. The van der Waals surface area contributed by atoms with Crippen LogP contribution in [0.25, 0.3) is 0 Å². The third-order valence-electron chi connectivity index (χ3n) is 3.47.